The zero-order valence-electron chi connectivity index (χ0n) is 7.18. The molecular weight excluding hydrogens is 154 g/mol. The summed E-state index contributed by atoms with van der Waals surface area (Å²) in [5.41, 5.74) is 6.52. The molecule has 2 rings (SSSR count). The van der Waals surface area contributed by atoms with Crippen LogP contribution >= 0.6 is 11.8 Å². The van der Waals surface area contributed by atoms with Crippen molar-refractivity contribution in [1.29, 1.82) is 0 Å². The molecule has 0 aromatic carbocycles. The number of thioether (sulfide) groups is 1. The van der Waals surface area contributed by atoms with Crippen molar-refractivity contribution < 1.29 is 0 Å². The van der Waals surface area contributed by atoms with E-state index in [1.807, 2.05) is 0 Å². The Morgan fingerprint density at radius 1 is 1.36 bits per heavy atom. The Bertz CT molecular complexity index is 154. The molecule has 2 heteroatoms. The molecule has 2 N–H and O–H groups in total. The summed E-state index contributed by atoms with van der Waals surface area (Å²) in [4.78, 5) is 0. The van der Waals surface area contributed by atoms with E-state index in [1.54, 1.807) is 0 Å². The predicted molar refractivity (Wildman–Crippen MR) is 50.7 cm³/mol. The van der Waals surface area contributed by atoms with Gasteiger partial charge in [-0.3, -0.25) is 0 Å². The van der Waals surface area contributed by atoms with Crippen LogP contribution in [0.3, 0.4) is 0 Å². The highest BCUT2D eigenvalue weighted by molar-refractivity contribution is 7.99. The zero-order chi connectivity index (χ0) is 7.90. The number of hydrogen-bond acceptors (Lipinski definition) is 2. The smallest absolute Gasteiger partial charge is 0.0213 e. The van der Waals surface area contributed by atoms with E-state index in [2.05, 4.69) is 18.7 Å². The lowest BCUT2D eigenvalue weighted by Crippen LogP contribution is -2.36. The van der Waals surface area contributed by atoms with E-state index in [4.69, 9.17) is 5.73 Å². The minimum Gasteiger partial charge on any atom is -0.325 e. The number of nitrogens with two attached hydrogens (primary N) is 1. The summed E-state index contributed by atoms with van der Waals surface area (Å²) >= 11 is 2.09. The van der Waals surface area contributed by atoms with E-state index in [1.165, 1.54) is 30.8 Å². The van der Waals surface area contributed by atoms with Crippen LogP contribution in [0.2, 0.25) is 0 Å². The molecule has 2 unspecified atom stereocenters. The summed E-state index contributed by atoms with van der Waals surface area (Å²) in [6, 6.07) is 0. The second-order valence-electron chi connectivity index (χ2n) is 4.10. The maximum absolute atomic E-state index is 6.26. The van der Waals surface area contributed by atoms with E-state index in [0.29, 0.717) is 0 Å². The maximum atomic E-state index is 6.26. The van der Waals surface area contributed by atoms with Gasteiger partial charge >= 0.3 is 0 Å². The molecular formula is C9H17NS. The third-order valence-electron chi connectivity index (χ3n) is 3.40. The predicted octanol–water partition coefficient (Wildman–Crippen LogP) is 1.87. The van der Waals surface area contributed by atoms with Crippen molar-refractivity contribution >= 4 is 11.8 Å². The molecule has 0 amide bonds. The summed E-state index contributed by atoms with van der Waals surface area (Å²) in [6.45, 7) is 2.29. The molecule has 2 fully saturated rings. The summed E-state index contributed by atoms with van der Waals surface area (Å²) in [7, 11) is 0. The van der Waals surface area contributed by atoms with E-state index < -0.39 is 0 Å². The van der Waals surface area contributed by atoms with Gasteiger partial charge in [0.1, 0.15) is 0 Å². The van der Waals surface area contributed by atoms with Crippen LogP contribution in [0.25, 0.3) is 0 Å². The molecule has 1 aliphatic heterocycles. The van der Waals surface area contributed by atoms with E-state index in [0.717, 1.165) is 11.8 Å². The first-order chi connectivity index (χ1) is 5.23. The van der Waals surface area contributed by atoms with Crippen molar-refractivity contribution in [3.63, 3.8) is 0 Å². The van der Waals surface area contributed by atoms with Crippen LogP contribution in [0.15, 0.2) is 0 Å². The average molecular weight is 171 g/mol. The van der Waals surface area contributed by atoms with E-state index >= 15 is 0 Å². The molecule has 0 spiro atoms. The highest BCUT2D eigenvalue weighted by Gasteiger charge is 2.52. The van der Waals surface area contributed by atoms with Gasteiger partial charge in [0.25, 0.3) is 0 Å². The molecule has 1 aliphatic carbocycles. The van der Waals surface area contributed by atoms with Crippen molar-refractivity contribution in [2.45, 2.75) is 31.7 Å². The lowest BCUT2D eigenvalue weighted by atomic mass is 9.90. The van der Waals surface area contributed by atoms with Crippen molar-refractivity contribution in [2.24, 2.45) is 17.6 Å². The standard InChI is InChI=1S/C9H17NS/c1-7-6-9(7,10)8-2-4-11-5-3-8/h7-8H,2-6,10H2,1H3. The van der Waals surface area contributed by atoms with Gasteiger partial charge in [0.15, 0.2) is 0 Å². The minimum atomic E-state index is 0.265. The molecule has 1 saturated heterocycles. The van der Waals surface area contributed by atoms with Gasteiger partial charge in [0, 0.05) is 5.54 Å². The summed E-state index contributed by atoms with van der Waals surface area (Å²) < 4.78 is 0. The van der Waals surface area contributed by atoms with Crippen LogP contribution in [0, 0.1) is 11.8 Å². The zero-order valence-corrected chi connectivity index (χ0v) is 7.99. The van der Waals surface area contributed by atoms with Gasteiger partial charge in [-0.25, -0.2) is 0 Å². The Hall–Kier alpha value is 0.310. The monoisotopic (exact) mass is 171 g/mol. The molecule has 64 valence electrons. The molecule has 11 heavy (non-hydrogen) atoms. The van der Waals surface area contributed by atoms with Crippen molar-refractivity contribution in [2.75, 3.05) is 11.5 Å². The molecule has 0 bridgehead atoms. The first-order valence-corrected chi connectivity index (χ1v) is 5.75. The van der Waals surface area contributed by atoms with Crippen LogP contribution in [0.5, 0.6) is 0 Å². The molecule has 0 radical (unpaired) electrons. The fraction of sp³-hybridized carbons (Fsp3) is 1.00. The molecule has 2 aliphatic rings. The number of rotatable bonds is 1. The second-order valence-corrected chi connectivity index (χ2v) is 5.33. The summed E-state index contributed by atoms with van der Waals surface area (Å²) in [6.07, 6.45) is 4.01. The Morgan fingerprint density at radius 3 is 2.36 bits per heavy atom. The van der Waals surface area contributed by atoms with Gasteiger partial charge in [-0.1, -0.05) is 6.92 Å². The Labute approximate surface area is 73.1 Å². The largest absolute Gasteiger partial charge is 0.325 e. The van der Waals surface area contributed by atoms with Crippen molar-refractivity contribution in [1.82, 2.24) is 0 Å². The van der Waals surface area contributed by atoms with Gasteiger partial charge in [-0.05, 0) is 42.6 Å². The van der Waals surface area contributed by atoms with Crippen molar-refractivity contribution in [3.8, 4) is 0 Å². The van der Waals surface area contributed by atoms with Gasteiger partial charge in [0.2, 0.25) is 0 Å². The number of hydrogen-bond donors (Lipinski definition) is 1. The highest BCUT2D eigenvalue weighted by Crippen LogP contribution is 2.50. The van der Waals surface area contributed by atoms with Crippen LogP contribution in [-0.2, 0) is 0 Å². The third kappa shape index (κ3) is 1.31. The fourth-order valence-electron chi connectivity index (χ4n) is 2.28. The topological polar surface area (TPSA) is 26.0 Å². The highest BCUT2D eigenvalue weighted by atomic mass is 32.2. The maximum Gasteiger partial charge on any atom is 0.0213 e. The summed E-state index contributed by atoms with van der Waals surface area (Å²) in [5, 5.41) is 0. The van der Waals surface area contributed by atoms with Gasteiger partial charge in [-0.15, -0.1) is 0 Å². The Morgan fingerprint density at radius 2 is 1.91 bits per heavy atom. The fourth-order valence-corrected chi connectivity index (χ4v) is 3.38. The first kappa shape index (κ1) is 7.93. The molecule has 0 aromatic heterocycles. The lowest BCUT2D eigenvalue weighted by molar-refractivity contribution is 0.358. The van der Waals surface area contributed by atoms with Gasteiger partial charge in [0.05, 0.1) is 0 Å². The van der Waals surface area contributed by atoms with E-state index in [-0.39, 0.29) is 5.54 Å². The van der Waals surface area contributed by atoms with Crippen LogP contribution in [-0.4, -0.2) is 17.0 Å². The quantitative estimate of drug-likeness (QED) is 0.652. The SMILES string of the molecule is CC1CC1(N)C1CCSCC1. The van der Waals surface area contributed by atoms with Crippen LogP contribution in [0.4, 0.5) is 0 Å². The minimum absolute atomic E-state index is 0.265. The Kier molecular flexibility index (Phi) is 1.92. The van der Waals surface area contributed by atoms with Crippen LogP contribution in [0.1, 0.15) is 26.2 Å². The molecule has 1 heterocycles. The third-order valence-corrected chi connectivity index (χ3v) is 4.45. The Balaban J connectivity index is 1.94. The van der Waals surface area contributed by atoms with Crippen LogP contribution < -0.4 is 5.73 Å². The van der Waals surface area contributed by atoms with E-state index in [9.17, 15) is 0 Å². The lowest BCUT2D eigenvalue weighted by Gasteiger charge is -2.27. The molecule has 2 atom stereocenters. The molecule has 1 nitrogen and oxygen atoms in total. The molecule has 0 aromatic rings. The second kappa shape index (κ2) is 2.67. The average Bonchev–Trinajstić information content (AvgIpc) is 2.64. The van der Waals surface area contributed by atoms with Crippen molar-refractivity contribution in [3.05, 3.63) is 0 Å². The normalized spacial score (nSPS) is 45.8. The van der Waals surface area contributed by atoms with Gasteiger partial charge in [-0.2, -0.15) is 11.8 Å². The first-order valence-electron chi connectivity index (χ1n) is 4.60. The summed E-state index contributed by atoms with van der Waals surface area (Å²) in [5.74, 6) is 4.33. The molecule has 1 saturated carbocycles. The van der Waals surface area contributed by atoms with Gasteiger partial charge < -0.3 is 5.73 Å².